The normalized spacial score (nSPS) is 11.4. The monoisotopic (exact) mass is 289 g/mol. The summed E-state index contributed by atoms with van der Waals surface area (Å²) in [7, 11) is 0. The molecule has 1 atom stereocenters. The van der Waals surface area contributed by atoms with Crippen LogP contribution in [0.25, 0.3) is 0 Å². The van der Waals surface area contributed by atoms with Crippen LogP contribution in [0.4, 0.5) is 0 Å². The van der Waals surface area contributed by atoms with E-state index < -0.39 is 0 Å². The number of carbonyl (C=O) groups is 1. The number of amides is 1. The fourth-order valence-corrected chi connectivity index (χ4v) is 1.84. The van der Waals surface area contributed by atoms with Gasteiger partial charge >= 0.3 is 0 Å². The number of carbonyl (C=O) groups excluding carboxylic acids is 1. The van der Waals surface area contributed by atoms with Gasteiger partial charge in [-0.2, -0.15) is 0 Å². The number of ether oxygens (including phenoxy) is 1. The Hall–Kier alpha value is -1.83. The first-order valence-corrected chi connectivity index (χ1v) is 7.18. The van der Waals surface area contributed by atoms with E-state index in [1.165, 1.54) is 0 Å². The van der Waals surface area contributed by atoms with Crippen molar-refractivity contribution in [2.24, 2.45) is 0 Å². The molecular weight excluding hydrogens is 266 g/mol. The van der Waals surface area contributed by atoms with Crippen molar-refractivity contribution in [3.8, 4) is 11.8 Å². The molecule has 1 amide bonds. The summed E-state index contributed by atoms with van der Waals surface area (Å²) in [4.78, 5) is 12.0. The van der Waals surface area contributed by atoms with Gasteiger partial charge in [-0.3, -0.25) is 4.79 Å². The molecule has 0 saturated carbocycles. The summed E-state index contributed by atoms with van der Waals surface area (Å²) in [6.45, 7) is 6.96. The van der Waals surface area contributed by atoms with E-state index in [0.29, 0.717) is 25.1 Å². The molecule has 1 aromatic rings. The number of aliphatic hydroxyl groups excluding tert-OH is 1. The molecule has 4 heteroatoms. The van der Waals surface area contributed by atoms with Crippen LogP contribution in [0.15, 0.2) is 18.2 Å². The van der Waals surface area contributed by atoms with Crippen LogP contribution < -0.4 is 5.32 Å². The van der Waals surface area contributed by atoms with Crippen molar-refractivity contribution < 1.29 is 14.6 Å². The van der Waals surface area contributed by atoms with Crippen LogP contribution in [0.2, 0.25) is 0 Å². The Labute approximate surface area is 126 Å². The lowest BCUT2D eigenvalue weighted by atomic mass is 10.0. The van der Waals surface area contributed by atoms with E-state index in [4.69, 9.17) is 9.84 Å². The van der Waals surface area contributed by atoms with E-state index >= 15 is 0 Å². The van der Waals surface area contributed by atoms with Gasteiger partial charge in [0.25, 0.3) is 5.91 Å². The topological polar surface area (TPSA) is 58.6 Å². The van der Waals surface area contributed by atoms with Gasteiger partial charge in [0.1, 0.15) is 0 Å². The van der Waals surface area contributed by atoms with Crippen LogP contribution in [-0.2, 0) is 4.74 Å². The van der Waals surface area contributed by atoms with E-state index in [9.17, 15) is 4.79 Å². The minimum absolute atomic E-state index is 0.00340. The highest BCUT2D eigenvalue weighted by atomic mass is 16.5. The number of nitrogens with one attached hydrogen (secondary N) is 1. The molecule has 114 valence electrons. The summed E-state index contributed by atoms with van der Waals surface area (Å²) in [5, 5.41) is 11.6. The minimum Gasteiger partial charge on any atom is -0.395 e. The van der Waals surface area contributed by atoms with Crippen molar-refractivity contribution >= 4 is 5.91 Å². The first kappa shape index (κ1) is 17.2. The van der Waals surface area contributed by atoms with E-state index in [2.05, 4.69) is 17.2 Å². The highest BCUT2D eigenvalue weighted by Gasteiger charge is 2.08. The maximum Gasteiger partial charge on any atom is 0.251 e. The van der Waals surface area contributed by atoms with Gasteiger partial charge in [-0.05, 0) is 44.5 Å². The Morgan fingerprint density at radius 1 is 1.48 bits per heavy atom. The van der Waals surface area contributed by atoms with Gasteiger partial charge in [0.15, 0.2) is 0 Å². The lowest BCUT2D eigenvalue weighted by Crippen LogP contribution is -2.32. The zero-order valence-corrected chi connectivity index (χ0v) is 12.9. The lowest BCUT2D eigenvalue weighted by Gasteiger charge is -2.13. The van der Waals surface area contributed by atoms with Crippen molar-refractivity contribution in [3.05, 3.63) is 34.9 Å². The quantitative estimate of drug-likeness (QED) is 0.786. The largest absolute Gasteiger partial charge is 0.395 e. The third kappa shape index (κ3) is 5.99. The smallest absolute Gasteiger partial charge is 0.251 e. The van der Waals surface area contributed by atoms with Gasteiger partial charge in [-0.1, -0.05) is 11.8 Å². The molecule has 21 heavy (non-hydrogen) atoms. The predicted molar refractivity (Wildman–Crippen MR) is 83.2 cm³/mol. The molecule has 0 aliphatic heterocycles. The van der Waals surface area contributed by atoms with Crippen molar-refractivity contribution in [2.45, 2.75) is 33.3 Å². The lowest BCUT2D eigenvalue weighted by molar-refractivity contribution is 0.0695. The number of hydrogen-bond donors (Lipinski definition) is 2. The maximum absolute atomic E-state index is 12.0. The van der Waals surface area contributed by atoms with E-state index in [0.717, 1.165) is 11.1 Å². The van der Waals surface area contributed by atoms with Crippen LogP contribution in [-0.4, -0.2) is 36.9 Å². The highest BCUT2D eigenvalue weighted by molar-refractivity contribution is 5.94. The SMILES string of the molecule is CCOC(C)CNC(=O)c1ccc(C#CCCO)c(C)c1. The summed E-state index contributed by atoms with van der Waals surface area (Å²) in [5.74, 6) is 5.75. The molecule has 4 nitrogen and oxygen atoms in total. The van der Waals surface area contributed by atoms with Crippen LogP contribution in [0.5, 0.6) is 0 Å². The Morgan fingerprint density at radius 3 is 2.86 bits per heavy atom. The minimum atomic E-state index is -0.112. The molecule has 1 aromatic carbocycles. The van der Waals surface area contributed by atoms with Gasteiger partial charge in [0.05, 0.1) is 12.7 Å². The van der Waals surface area contributed by atoms with E-state index in [-0.39, 0.29) is 18.6 Å². The molecule has 0 heterocycles. The first-order chi connectivity index (χ1) is 10.1. The molecule has 0 aromatic heterocycles. The van der Waals surface area contributed by atoms with Crippen LogP contribution >= 0.6 is 0 Å². The number of rotatable bonds is 6. The zero-order valence-electron chi connectivity index (χ0n) is 12.9. The molecule has 0 radical (unpaired) electrons. The molecule has 0 aliphatic carbocycles. The second kappa shape index (κ2) is 9.17. The number of aryl methyl sites for hydroxylation is 1. The van der Waals surface area contributed by atoms with Gasteiger partial charge < -0.3 is 15.2 Å². The summed E-state index contributed by atoms with van der Waals surface area (Å²) in [5.41, 5.74) is 2.44. The Morgan fingerprint density at radius 2 is 2.24 bits per heavy atom. The van der Waals surface area contributed by atoms with Gasteiger partial charge in [0.2, 0.25) is 0 Å². The number of hydrogen-bond acceptors (Lipinski definition) is 3. The standard InChI is InChI=1S/C17H23NO3/c1-4-21-14(3)12-18-17(20)16-9-8-15(13(2)11-16)7-5-6-10-19/h8-9,11,14,19H,4,6,10,12H2,1-3H3,(H,18,20). The van der Waals surface area contributed by atoms with Crippen LogP contribution in [0, 0.1) is 18.8 Å². The Balaban J connectivity index is 2.66. The fourth-order valence-electron chi connectivity index (χ4n) is 1.84. The van der Waals surface area contributed by atoms with Crippen molar-refractivity contribution in [1.82, 2.24) is 5.32 Å². The molecule has 0 fully saturated rings. The average Bonchev–Trinajstić information content (AvgIpc) is 2.47. The van der Waals surface area contributed by atoms with E-state index in [1.807, 2.05) is 32.9 Å². The second-order valence-corrected chi connectivity index (χ2v) is 4.78. The highest BCUT2D eigenvalue weighted by Crippen LogP contribution is 2.10. The van der Waals surface area contributed by atoms with Crippen molar-refractivity contribution in [3.63, 3.8) is 0 Å². The van der Waals surface area contributed by atoms with Gasteiger partial charge in [-0.25, -0.2) is 0 Å². The molecule has 0 aliphatic rings. The Bertz CT molecular complexity index is 529. The third-order valence-electron chi connectivity index (χ3n) is 2.95. The third-order valence-corrected chi connectivity index (χ3v) is 2.95. The van der Waals surface area contributed by atoms with Crippen LogP contribution in [0.3, 0.4) is 0 Å². The number of aliphatic hydroxyl groups is 1. The van der Waals surface area contributed by atoms with Crippen LogP contribution in [0.1, 0.15) is 41.8 Å². The Kier molecular flexibility index (Phi) is 7.52. The van der Waals surface area contributed by atoms with Gasteiger partial charge in [-0.15, -0.1) is 0 Å². The van der Waals surface area contributed by atoms with Crippen molar-refractivity contribution in [2.75, 3.05) is 19.8 Å². The number of benzene rings is 1. The molecule has 0 spiro atoms. The first-order valence-electron chi connectivity index (χ1n) is 7.18. The molecular formula is C17H23NO3. The summed E-state index contributed by atoms with van der Waals surface area (Å²) < 4.78 is 5.37. The summed E-state index contributed by atoms with van der Waals surface area (Å²) in [6.07, 6.45) is 0.459. The summed E-state index contributed by atoms with van der Waals surface area (Å²) >= 11 is 0. The second-order valence-electron chi connectivity index (χ2n) is 4.78. The molecule has 0 saturated heterocycles. The average molecular weight is 289 g/mol. The fraction of sp³-hybridized carbons (Fsp3) is 0.471. The summed E-state index contributed by atoms with van der Waals surface area (Å²) in [6, 6.07) is 5.42. The van der Waals surface area contributed by atoms with Gasteiger partial charge in [0, 0.05) is 30.7 Å². The maximum atomic E-state index is 12.0. The van der Waals surface area contributed by atoms with E-state index in [1.54, 1.807) is 6.07 Å². The molecule has 0 bridgehead atoms. The van der Waals surface area contributed by atoms with Crippen molar-refractivity contribution in [1.29, 1.82) is 0 Å². The molecule has 2 N–H and O–H groups in total. The zero-order chi connectivity index (χ0) is 15.7. The molecule has 1 rings (SSSR count). The molecule has 1 unspecified atom stereocenters. The predicted octanol–water partition coefficient (Wildman–Crippen LogP) is 1.88.